The van der Waals surface area contributed by atoms with Gasteiger partial charge in [0.25, 0.3) is 0 Å². The average Bonchev–Trinajstić information content (AvgIpc) is 2.53. The first kappa shape index (κ1) is 20.0. The highest BCUT2D eigenvalue weighted by Crippen LogP contribution is 2.21. The van der Waals surface area contributed by atoms with Gasteiger partial charge in [-0.3, -0.25) is 4.89 Å². The second kappa shape index (κ2) is 10.6. The van der Waals surface area contributed by atoms with Gasteiger partial charge < -0.3 is 0 Å². The zero-order chi connectivity index (χ0) is 18.1. The lowest BCUT2D eigenvalue weighted by Gasteiger charge is -2.18. The smallest absolute Gasteiger partial charge is 0.293 e. The van der Waals surface area contributed by atoms with E-state index in [1.165, 1.54) is 44.9 Å². The summed E-state index contributed by atoms with van der Waals surface area (Å²) in [5.41, 5.74) is 3.69. The van der Waals surface area contributed by atoms with Crippen LogP contribution in [0.1, 0.15) is 97.7 Å². The number of carbonyl (C=O) groups is 1. The summed E-state index contributed by atoms with van der Waals surface area (Å²) in [6.45, 7) is 5.94. The second-order valence-corrected chi connectivity index (χ2v) is 7.62. The van der Waals surface area contributed by atoms with Crippen molar-refractivity contribution in [1.82, 2.24) is 0 Å². The minimum Gasteiger partial charge on any atom is -0.293 e. The molecule has 1 saturated carbocycles. The third kappa shape index (κ3) is 6.81. The number of hydrogen-bond acceptors (Lipinski definition) is 3. The number of hydrogen-bond donors (Lipinski definition) is 0. The van der Waals surface area contributed by atoms with E-state index in [2.05, 4.69) is 0 Å². The lowest BCUT2D eigenvalue weighted by Crippen LogP contribution is -2.18. The van der Waals surface area contributed by atoms with Crippen molar-refractivity contribution in [2.24, 2.45) is 0 Å². The van der Waals surface area contributed by atoms with Crippen LogP contribution in [-0.4, -0.2) is 12.1 Å². The van der Waals surface area contributed by atoms with Gasteiger partial charge in [-0.15, -0.1) is 0 Å². The van der Waals surface area contributed by atoms with Gasteiger partial charge in [0.15, 0.2) is 0 Å². The predicted octanol–water partition coefficient (Wildman–Crippen LogP) is 6.37. The van der Waals surface area contributed by atoms with Gasteiger partial charge in [-0.1, -0.05) is 75.5 Å². The van der Waals surface area contributed by atoms with Crippen LogP contribution in [-0.2, 0) is 9.78 Å². The predicted molar refractivity (Wildman–Crippen MR) is 102 cm³/mol. The van der Waals surface area contributed by atoms with Crippen molar-refractivity contribution in [2.45, 2.75) is 97.5 Å². The van der Waals surface area contributed by atoms with Crippen molar-refractivity contribution in [1.29, 1.82) is 0 Å². The fourth-order valence-corrected chi connectivity index (χ4v) is 3.88. The molecule has 3 heteroatoms. The Bertz CT molecular complexity index is 515. The molecule has 0 aliphatic heterocycles. The summed E-state index contributed by atoms with van der Waals surface area (Å²) in [6, 6.07) is 4.03. The lowest BCUT2D eigenvalue weighted by atomic mass is 9.99. The third-order valence-electron chi connectivity index (χ3n) is 5.19. The summed E-state index contributed by atoms with van der Waals surface area (Å²) >= 11 is 0. The molecule has 0 radical (unpaired) electrons. The lowest BCUT2D eigenvalue weighted by molar-refractivity contribution is -0.277. The Morgan fingerprint density at radius 1 is 0.800 bits per heavy atom. The summed E-state index contributed by atoms with van der Waals surface area (Å²) in [6.07, 6.45) is 13.5. The van der Waals surface area contributed by atoms with Gasteiger partial charge in [-0.05, 0) is 44.7 Å². The van der Waals surface area contributed by atoms with Crippen molar-refractivity contribution in [3.8, 4) is 0 Å². The molecule has 0 bridgehead atoms. The molecule has 25 heavy (non-hydrogen) atoms. The van der Waals surface area contributed by atoms with Gasteiger partial charge in [0.2, 0.25) is 0 Å². The third-order valence-corrected chi connectivity index (χ3v) is 5.19. The standard InChI is InChI=1S/C22H34O3/c1-17-15-18(2)21(19(3)16-17)22(23)25-24-20-13-11-9-7-5-4-6-8-10-12-14-20/h15-16,20H,4-14H2,1-3H3. The van der Waals surface area contributed by atoms with E-state index < -0.39 is 0 Å². The molecule has 0 N–H and O–H groups in total. The molecule has 1 aliphatic rings. The molecule has 0 amide bonds. The van der Waals surface area contributed by atoms with Crippen molar-refractivity contribution < 1.29 is 14.6 Å². The molecule has 3 nitrogen and oxygen atoms in total. The average molecular weight is 347 g/mol. The largest absolute Gasteiger partial charge is 0.373 e. The van der Waals surface area contributed by atoms with Crippen LogP contribution in [0.2, 0.25) is 0 Å². The highest BCUT2D eigenvalue weighted by molar-refractivity contribution is 5.92. The molecular formula is C22H34O3. The van der Waals surface area contributed by atoms with Gasteiger partial charge >= 0.3 is 5.97 Å². The number of benzene rings is 1. The van der Waals surface area contributed by atoms with E-state index in [1.807, 2.05) is 32.9 Å². The summed E-state index contributed by atoms with van der Waals surface area (Å²) in [7, 11) is 0. The minimum atomic E-state index is -0.360. The SMILES string of the molecule is Cc1cc(C)c(C(=O)OOC2CCCCCCCCCCC2)c(C)c1. The summed E-state index contributed by atoms with van der Waals surface area (Å²) in [4.78, 5) is 23.3. The Morgan fingerprint density at radius 2 is 1.24 bits per heavy atom. The Balaban J connectivity index is 1.89. The number of rotatable bonds is 3. The second-order valence-electron chi connectivity index (χ2n) is 7.62. The zero-order valence-corrected chi connectivity index (χ0v) is 16.2. The summed E-state index contributed by atoms with van der Waals surface area (Å²) in [5, 5.41) is 0. The molecule has 1 aromatic carbocycles. The van der Waals surface area contributed by atoms with Gasteiger partial charge in [-0.25, -0.2) is 4.79 Å². The van der Waals surface area contributed by atoms with Crippen molar-refractivity contribution >= 4 is 5.97 Å². The van der Waals surface area contributed by atoms with Gasteiger partial charge in [0.1, 0.15) is 6.10 Å². The minimum absolute atomic E-state index is 0.0365. The maximum absolute atomic E-state index is 12.5. The van der Waals surface area contributed by atoms with Crippen molar-refractivity contribution in [2.75, 3.05) is 0 Å². The van der Waals surface area contributed by atoms with E-state index in [-0.39, 0.29) is 12.1 Å². The summed E-state index contributed by atoms with van der Waals surface area (Å²) in [5.74, 6) is -0.360. The first-order valence-electron chi connectivity index (χ1n) is 10.0. The molecule has 0 aromatic heterocycles. The van der Waals surface area contributed by atoms with E-state index in [0.29, 0.717) is 5.56 Å². The van der Waals surface area contributed by atoms with E-state index in [1.54, 1.807) is 0 Å². The quantitative estimate of drug-likeness (QED) is 0.471. The highest BCUT2D eigenvalue weighted by Gasteiger charge is 2.18. The van der Waals surface area contributed by atoms with Gasteiger partial charge in [0.05, 0.1) is 5.56 Å². The van der Waals surface area contributed by atoms with Crippen LogP contribution in [0.3, 0.4) is 0 Å². The van der Waals surface area contributed by atoms with Crippen LogP contribution in [0.25, 0.3) is 0 Å². The summed E-state index contributed by atoms with van der Waals surface area (Å²) < 4.78 is 0. The van der Waals surface area contributed by atoms with Crippen molar-refractivity contribution in [3.05, 3.63) is 34.4 Å². The molecule has 1 fully saturated rings. The van der Waals surface area contributed by atoms with E-state index in [0.717, 1.165) is 42.4 Å². The Hall–Kier alpha value is -1.35. The normalized spacial score (nSPS) is 18.2. The topological polar surface area (TPSA) is 35.5 Å². The van der Waals surface area contributed by atoms with Crippen LogP contribution in [0, 0.1) is 20.8 Å². The van der Waals surface area contributed by atoms with Crippen LogP contribution < -0.4 is 0 Å². The molecular weight excluding hydrogens is 312 g/mol. The van der Waals surface area contributed by atoms with E-state index in [4.69, 9.17) is 9.78 Å². The molecule has 2 rings (SSSR count). The highest BCUT2D eigenvalue weighted by atomic mass is 17.2. The molecule has 0 atom stereocenters. The zero-order valence-electron chi connectivity index (χ0n) is 16.2. The molecule has 1 aliphatic carbocycles. The van der Waals surface area contributed by atoms with Crippen LogP contribution in [0.4, 0.5) is 0 Å². The van der Waals surface area contributed by atoms with E-state index in [9.17, 15) is 4.79 Å². The van der Waals surface area contributed by atoms with Crippen LogP contribution in [0.15, 0.2) is 12.1 Å². The molecule has 140 valence electrons. The maximum Gasteiger partial charge on any atom is 0.373 e. The fraction of sp³-hybridized carbons (Fsp3) is 0.682. The molecule has 0 heterocycles. The number of aryl methyl sites for hydroxylation is 3. The van der Waals surface area contributed by atoms with Gasteiger partial charge in [0, 0.05) is 0 Å². The molecule has 0 unspecified atom stereocenters. The van der Waals surface area contributed by atoms with Gasteiger partial charge in [-0.2, -0.15) is 4.89 Å². The first-order chi connectivity index (χ1) is 12.1. The van der Waals surface area contributed by atoms with Crippen LogP contribution in [0.5, 0.6) is 0 Å². The Morgan fingerprint density at radius 3 is 1.72 bits per heavy atom. The van der Waals surface area contributed by atoms with Crippen LogP contribution >= 0.6 is 0 Å². The molecule has 0 spiro atoms. The molecule has 1 aromatic rings. The maximum atomic E-state index is 12.5. The Labute approximate surface area is 153 Å². The van der Waals surface area contributed by atoms with E-state index >= 15 is 0 Å². The Kier molecular flexibility index (Phi) is 8.47. The monoisotopic (exact) mass is 346 g/mol. The fourth-order valence-electron chi connectivity index (χ4n) is 3.88. The molecule has 0 saturated heterocycles. The van der Waals surface area contributed by atoms with Crippen molar-refractivity contribution in [3.63, 3.8) is 0 Å². The first-order valence-corrected chi connectivity index (χ1v) is 10.0. The number of carbonyl (C=O) groups excluding carboxylic acids is 1.